The van der Waals surface area contributed by atoms with Gasteiger partial charge in [0, 0.05) is 5.02 Å². The van der Waals surface area contributed by atoms with Gasteiger partial charge in [-0.3, -0.25) is 9.69 Å². The molecule has 0 aliphatic rings. The molecule has 0 radical (unpaired) electrons. The molecule has 0 aliphatic carbocycles. The highest BCUT2D eigenvalue weighted by atomic mass is 35.5. The number of hydrogen-bond acceptors (Lipinski definition) is 5. The van der Waals surface area contributed by atoms with Crippen LogP contribution in [0.2, 0.25) is 5.02 Å². The van der Waals surface area contributed by atoms with Gasteiger partial charge in [-0.2, -0.15) is 0 Å². The Morgan fingerprint density at radius 2 is 1.80 bits per heavy atom. The van der Waals surface area contributed by atoms with Crippen molar-refractivity contribution >= 4 is 55.2 Å². The minimum absolute atomic E-state index is 0.0734. The van der Waals surface area contributed by atoms with Crippen LogP contribution in [0.3, 0.4) is 0 Å². The fourth-order valence-electron chi connectivity index (χ4n) is 3.28. The molecule has 0 fully saturated rings. The highest BCUT2D eigenvalue weighted by molar-refractivity contribution is 7.22. The van der Waals surface area contributed by atoms with E-state index in [-0.39, 0.29) is 12.5 Å². The molecule has 6 nitrogen and oxygen atoms in total. The van der Waals surface area contributed by atoms with Crippen LogP contribution in [0.15, 0.2) is 72.8 Å². The number of amides is 1. The molecule has 0 aliphatic heterocycles. The van der Waals surface area contributed by atoms with E-state index in [9.17, 15) is 4.79 Å². The van der Waals surface area contributed by atoms with Crippen LogP contribution in [0, 0.1) is 0 Å². The Hall–Kier alpha value is -3.29. The van der Waals surface area contributed by atoms with E-state index < -0.39 is 0 Å². The summed E-state index contributed by atoms with van der Waals surface area (Å²) in [5.41, 5.74) is 3.42. The fraction of sp³-hybridized carbons (Fsp3) is 0.0909. The van der Waals surface area contributed by atoms with Gasteiger partial charge in [0.25, 0.3) is 5.91 Å². The number of rotatable bonds is 5. The molecule has 0 N–H and O–H groups in total. The third-order valence-electron chi connectivity index (χ3n) is 4.76. The van der Waals surface area contributed by atoms with Crippen molar-refractivity contribution in [1.82, 2.24) is 20.0 Å². The highest BCUT2D eigenvalue weighted by Gasteiger charge is 2.22. The maximum absolute atomic E-state index is 13.4. The van der Waals surface area contributed by atoms with Crippen LogP contribution in [0.5, 0.6) is 0 Å². The summed E-state index contributed by atoms with van der Waals surface area (Å²) in [5.74, 6) is -0.111. The number of hydrogen-bond donors (Lipinski definition) is 0. The van der Waals surface area contributed by atoms with Gasteiger partial charge < -0.3 is 0 Å². The predicted octanol–water partition coefficient (Wildman–Crippen LogP) is 4.93. The maximum Gasteiger partial charge on any atom is 0.250 e. The monoisotopic (exact) mass is 433 g/mol. The molecule has 2 aromatic heterocycles. The molecule has 0 spiro atoms. The van der Waals surface area contributed by atoms with E-state index in [1.807, 2.05) is 66.7 Å². The average molecular weight is 434 g/mol. The summed E-state index contributed by atoms with van der Waals surface area (Å²) in [6.45, 7) is 0.490. The van der Waals surface area contributed by atoms with Crippen molar-refractivity contribution in [2.75, 3.05) is 4.90 Å². The molecule has 5 aromatic rings. The number of benzene rings is 3. The number of para-hydroxylation sites is 1. The summed E-state index contributed by atoms with van der Waals surface area (Å²) < 4.78 is 2.56. The molecule has 0 saturated heterocycles. The second-order valence-corrected chi connectivity index (χ2v) is 8.26. The molecule has 148 valence electrons. The summed E-state index contributed by atoms with van der Waals surface area (Å²) in [4.78, 5) is 19.8. The first kappa shape index (κ1) is 18.7. The number of fused-ring (bicyclic) bond motifs is 2. The number of thiazole rings is 1. The smallest absolute Gasteiger partial charge is 0.250 e. The largest absolute Gasteiger partial charge is 0.282 e. The topological polar surface area (TPSA) is 63.9 Å². The predicted molar refractivity (Wildman–Crippen MR) is 120 cm³/mol. The van der Waals surface area contributed by atoms with Crippen molar-refractivity contribution in [3.8, 4) is 0 Å². The quantitative estimate of drug-likeness (QED) is 0.394. The number of aromatic nitrogens is 4. The first-order valence-corrected chi connectivity index (χ1v) is 10.6. The fourth-order valence-corrected chi connectivity index (χ4v) is 4.54. The summed E-state index contributed by atoms with van der Waals surface area (Å²) in [6.07, 6.45) is 0. The number of anilines is 1. The van der Waals surface area contributed by atoms with E-state index in [1.54, 1.807) is 15.6 Å². The molecule has 0 bridgehead atoms. The molecule has 0 unspecified atom stereocenters. The number of carbonyl (C=O) groups is 1. The van der Waals surface area contributed by atoms with Crippen molar-refractivity contribution in [3.63, 3.8) is 0 Å². The SMILES string of the molecule is O=C(Cn1nnc2ccccc21)N(Cc1ccccc1)c1nc2ccc(Cl)cc2s1. The molecule has 30 heavy (non-hydrogen) atoms. The van der Waals surface area contributed by atoms with Crippen LogP contribution in [-0.2, 0) is 17.9 Å². The van der Waals surface area contributed by atoms with Crippen LogP contribution in [0.25, 0.3) is 21.3 Å². The molecule has 5 rings (SSSR count). The van der Waals surface area contributed by atoms with Crippen molar-refractivity contribution in [2.45, 2.75) is 13.1 Å². The average Bonchev–Trinajstić information content (AvgIpc) is 3.36. The van der Waals surface area contributed by atoms with E-state index in [1.165, 1.54) is 11.3 Å². The first-order valence-electron chi connectivity index (χ1n) is 9.36. The minimum atomic E-state index is -0.111. The van der Waals surface area contributed by atoms with Crippen LogP contribution in [0.4, 0.5) is 5.13 Å². The number of carbonyl (C=O) groups excluding carboxylic acids is 1. The highest BCUT2D eigenvalue weighted by Crippen LogP contribution is 2.32. The number of halogens is 1. The standard InChI is InChI=1S/C22H16ClN5OS/c23-16-10-11-18-20(12-16)30-22(24-18)27(13-15-6-2-1-3-7-15)21(29)14-28-19-9-5-4-8-17(19)25-26-28/h1-12H,13-14H2. The zero-order chi connectivity index (χ0) is 20.5. The molecule has 1 amide bonds. The van der Waals surface area contributed by atoms with E-state index in [4.69, 9.17) is 11.6 Å². The summed E-state index contributed by atoms with van der Waals surface area (Å²) in [7, 11) is 0. The second-order valence-electron chi connectivity index (χ2n) is 6.81. The van der Waals surface area contributed by atoms with Crippen LogP contribution in [-0.4, -0.2) is 25.9 Å². The number of nitrogens with zero attached hydrogens (tertiary/aromatic N) is 5. The minimum Gasteiger partial charge on any atom is -0.282 e. The van der Waals surface area contributed by atoms with Crippen molar-refractivity contribution < 1.29 is 4.79 Å². The Labute approximate surface area is 181 Å². The van der Waals surface area contributed by atoms with Crippen molar-refractivity contribution in [3.05, 3.63) is 83.4 Å². The van der Waals surface area contributed by atoms with E-state index >= 15 is 0 Å². The molecular formula is C22H16ClN5OS. The zero-order valence-electron chi connectivity index (χ0n) is 15.8. The van der Waals surface area contributed by atoms with Crippen molar-refractivity contribution in [2.24, 2.45) is 0 Å². The Kier molecular flexibility index (Phi) is 4.90. The second kappa shape index (κ2) is 7.85. The van der Waals surface area contributed by atoms with Crippen LogP contribution < -0.4 is 4.90 Å². The van der Waals surface area contributed by atoms with Gasteiger partial charge >= 0.3 is 0 Å². The lowest BCUT2D eigenvalue weighted by Crippen LogP contribution is -2.33. The third kappa shape index (κ3) is 3.65. The van der Waals surface area contributed by atoms with Gasteiger partial charge in [0.2, 0.25) is 0 Å². The Bertz CT molecular complexity index is 1350. The lowest BCUT2D eigenvalue weighted by Gasteiger charge is -2.20. The van der Waals surface area contributed by atoms with E-state index in [0.29, 0.717) is 16.7 Å². The lowest BCUT2D eigenvalue weighted by atomic mass is 10.2. The van der Waals surface area contributed by atoms with E-state index in [2.05, 4.69) is 15.3 Å². The molecular weight excluding hydrogens is 418 g/mol. The van der Waals surface area contributed by atoms with Gasteiger partial charge in [0.15, 0.2) is 5.13 Å². The van der Waals surface area contributed by atoms with Gasteiger partial charge in [-0.15, -0.1) is 5.10 Å². The molecule has 2 heterocycles. The summed E-state index contributed by atoms with van der Waals surface area (Å²) in [6, 6.07) is 23.0. The van der Waals surface area contributed by atoms with Crippen LogP contribution in [0.1, 0.15) is 5.56 Å². The van der Waals surface area contributed by atoms with Crippen molar-refractivity contribution in [1.29, 1.82) is 0 Å². The first-order chi connectivity index (χ1) is 14.7. The molecule has 0 saturated carbocycles. The normalized spacial score (nSPS) is 11.2. The van der Waals surface area contributed by atoms with Gasteiger partial charge in [0.1, 0.15) is 12.1 Å². The molecule has 3 aromatic carbocycles. The summed E-state index contributed by atoms with van der Waals surface area (Å²) in [5, 5.41) is 9.58. The lowest BCUT2D eigenvalue weighted by molar-refractivity contribution is -0.119. The van der Waals surface area contributed by atoms with E-state index in [0.717, 1.165) is 26.8 Å². The molecule has 8 heteroatoms. The third-order valence-corrected chi connectivity index (χ3v) is 6.04. The van der Waals surface area contributed by atoms with Gasteiger partial charge in [-0.05, 0) is 35.9 Å². The van der Waals surface area contributed by atoms with Gasteiger partial charge in [-0.1, -0.05) is 70.6 Å². The van der Waals surface area contributed by atoms with Crippen LogP contribution >= 0.6 is 22.9 Å². The van der Waals surface area contributed by atoms with Gasteiger partial charge in [0.05, 0.1) is 22.3 Å². The summed E-state index contributed by atoms with van der Waals surface area (Å²) >= 11 is 7.58. The Balaban J connectivity index is 1.51. The molecule has 0 atom stereocenters. The Morgan fingerprint density at radius 3 is 2.67 bits per heavy atom. The maximum atomic E-state index is 13.4. The van der Waals surface area contributed by atoms with Gasteiger partial charge in [-0.25, -0.2) is 9.67 Å². The zero-order valence-corrected chi connectivity index (χ0v) is 17.3. The Morgan fingerprint density at radius 1 is 1.00 bits per heavy atom.